The second-order valence-corrected chi connectivity index (χ2v) is 5.60. The fourth-order valence-electron chi connectivity index (χ4n) is 2.71. The molecule has 2 N–H and O–H groups in total. The van der Waals surface area contributed by atoms with Crippen LogP contribution in [0.25, 0.3) is 0 Å². The van der Waals surface area contributed by atoms with Crippen LogP contribution < -0.4 is 10.6 Å². The van der Waals surface area contributed by atoms with Crippen LogP contribution in [-0.2, 0) is 4.74 Å². The van der Waals surface area contributed by atoms with Gasteiger partial charge in [-0.25, -0.2) is 0 Å². The van der Waals surface area contributed by atoms with Crippen molar-refractivity contribution in [1.29, 1.82) is 0 Å². The van der Waals surface area contributed by atoms with Gasteiger partial charge >= 0.3 is 0 Å². The average Bonchev–Trinajstić information content (AvgIpc) is 2.58. The highest BCUT2D eigenvalue weighted by Crippen LogP contribution is 2.19. The topological polar surface area (TPSA) is 48.9 Å². The van der Waals surface area contributed by atoms with E-state index in [-0.39, 0.29) is 6.04 Å². The van der Waals surface area contributed by atoms with Crippen LogP contribution in [-0.4, -0.2) is 57.3 Å². The van der Waals surface area contributed by atoms with Crippen molar-refractivity contribution >= 4 is 5.96 Å². The Kier molecular flexibility index (Phi) is 9.33. The zero-order chi connectivity index (χ0) is 17.1. The smallest absolute Gasteiger partial charge is 0.191 e. The predicted octanol–water partition coefficient (Wildman–Crippen LogP) is 2.27. The summed E-state index contributed by atoms with van der Waals surface area (Å²) >= 11 is 0. The summed E-state index contributed by atoms with van der Waals surface area (Å²) in [5.74, 6) is 0.808. The van der Waals surface area contributed by atoms with E-state index in [1.165, 1.54) is 5.56 Å². The van der Waals surface area contributed by atoms with E-state index in [0.717, 1.165) is 25.6 Å². The molecule has 1 aromatic rings. The summed E-state index contributed by atoms with van der Waals surface area (Å²) in [5.41, 5.74) is 1.32. The Morgan fingerprint density at radius 1 is 1.22 bits per heavy atom. The number of aliphatic imine (C=N–C) groups is 1. The monoisotopic (exact) mass is 320 g/mol. The van der Waals surface area contributed by atoms with Gasteiger partial charge in [0.2, 0.25) is 0 Å². The first-order valence-corrected chi connectivity index (χ1v) is 8.41. The van der Waals surface area contributed by atoms with Crippen LogP contribution in [0.3, 0.4) is 0 Å². The molecule has 0 bridgehead atoms. The quantitative estimate of drug-likeness (QED) is 0.541. The van der Waals surface area contributed by atoms with Crippen LogP contribution in [0, 0.1) is 0 Å². The number of likely N-dealkylation sites (N-methyl/N-ethyl adjacent to an activating group) is 1. The van der Waals surface area contributed by atoms with Gasteiger partial charge in [0.15, 0.2) is 5.96 Å². The molecular formula is C18H32N4O. The predicted molar refractivity (Wildman–Crippen MR) is 97.9 cm³/mol. The lowest BCUT2D eigenvalue weighted by Crippen LogP contribution is -2.47. The second-order valence-electron chi connectivity index (χ2n) is 5.60. The Labute approximate surface area is 141 Å². The molecule has 0 aliphatic carbocycles. The summed E-state index contributed by atoms with van der Waals surface area (Å²) in [5, 5.41) is 6.79. The van der Waals surface area contributed by atoms with Gasteiger partial charge < -0.3 is 15.4 Å². The molecule has 130 valence electrons. The zero-order valence-corrected chi connectivity index (χ0v) is 15.2. The first kappa shape index (κ1) is 19.5. The van der Waals surface area contributed by atoms with Crippen molar-refractivity contribution in [3.05, 3.63) is 35.9 Å². The van der Waals surface area contributed by atoms with Crippen LogP contribution in [0.2, 0.25) is 0 Å². The van der Waals surface area contributed by atoms with Crippen LogP contribution >= 0.6 is 0 Å². The van der Waals surface area contributed by atoms with E-state index >= 15 is 0 Å². The summed E-state index contributed by atoms with van der Waals surface area (Å²) in [6, 6.07) is 11.2. The number of ether oxygens (including phenoxy) is 1. The van der Waals surface area contributed by atoms with Crippen molar-refractivity contribution in [2.24, 2.45) is 4.99 Å². The molecule has 1 aromatic carbocycles. The highest BCUT2D eigenvalue weighted by molar-refractivity contribution is 5.80. The average molecular weight is 320 g/mol. The third kappa shape index (κ3) is 6.59. The van der Waals surface area contributed by atoms with Crippen molar-refractivity contribution in [2.45, 2.75) is 32.9 Å². The highest BCUT2D eigenvalue weighted by Gasteiger charge is 2.18. The molecule has 0 heterocycles. The van der Waals surface area contributed by atoms with Crippen LogP contribution in [0.1, 0.15) is 32.4 Å². The SMILES string of the molecule is CCN(CC)C(CNC(=NC)NC(C)COC)c1ccccc1. The Morgan fingerprint density at radius 2 is 1.87 bits per heavy atom. The van der Waals surface area contributed by atoms with Gasteiger partial charge in [0.25, 0.3) is 0 Å². The van der Waals surface area contributed by atoms with Crippen molar-refractivity contribution in [3.8, 4) is 0 Å². The Balaban J connectivity index is 2.73. The summed E-state index contributed by atoms with van der Waals surface area (Å²) in [6.07, 6.45) is 0. The first-order chi connectivity index (χ1) is 11.2. The maximum Gasteiger partial charge on any atom is 0.191 e. The van der Waals surface area contributed by atoms with E-state index < -0.39 is 0 Å². The van der Waals surface area contributed by atoms with Crippen molar-refractivity contribution < 1.29 is 4.74 Å². The standard InChI is InChI=1S/C18H32N4O/c1-6-22(7-2)17(16-11-9-8-10-12-16)13-20-18(19-4)21-15(3)14-23-5/h8-12,15,17H,6-7,13-14H2,1-5H3,(H2,19,20,21). The van der Waals surface area contributed by atoms with Crippen molar-refractivity contribution in [3.63, 3.8) is 0 Å². The lowest BCUT2D eigenvalue weighted by molar-refractivity contribution is 0.178. The molecule has 23 heavy (non-hydrogen) atoms. The van der Waals surface area contributed by atoms with Gasteiger partial charge in [0.05, 0.1) is 12.6 Å². The molecule has 0 saturated heterocycles. The van der Waals surface area contributed by atoms with Gasteiger partial charge in [0, 0.05) is 26.7 Å². The summed E-state index contributed by atoms with van der Waals surface area (Å²) in [7, 11) is 3.50. The first-order valence-electron chi connectivity index (χ1n) is 8.41. The van der Waals surface area contributed by atoms with E-state index in [4.69, 9.17) is 4.74 Å². The Bertz CT molecular complexity index is 446. The molecule has 0 radical (unpaired) electrons. The molecule has 0 aliphatic rings. The molecule has 0 aromatic heterocycles. The maximum atomic E-state index is 5.16. The maximum absolute atomic E-state index is 5.16. The number of benzene rings is 1. The molecule has 0 aliphatic heterocycles. The minimum absolute atomic E-state index is 0.217. The normalized spacial score (nSPS) is 14.6. The Morgan fingerprint density at radius 3 is 2.39 bits per heavy atom. The number of guanidine groups is 1. The number of rotatable bonds is 9. The molecule has 5 heteroatoms. The van der Waals surface area contributed by atoms with E-state index in [2.05, 4.69) is 71.6 Å². The minimum Gasteiger partial charge on any atom is -0.383 e. The van der Waals surface area contributed by atoms with E-state index in [1.807, 2.05) is 0 Å². The van der Waals surface area contributed by atoms with E-state index in [0.29, 0.717) is 12.6 Å². The molecular weight excluding hydrogens is 288 g/mol. The number of hydrogen-bond donors (Lipinski definition) is 2. The molecule has 0 amide bonds. The van der Waals surface area contributed by atoms with Crippen LogP contribution in [0.5, 0.6) is 0 Å². The van der Waals surface area contributed by atoms with E-state index in [9.17, 15) is 0 Å². The van der Waals surface area contributed by atoms with Gasteiger partial charge in [-0.2, -0.15) is 0 Å². The number of nitrogens with one attached hydrogen (secondary N) is 2. The number of nitrogens with zero attached hydrogens (tertiary/aromatic N) is 2. The van der Waals surface area contributed by atoms with Gasteiger partial charge in [-0.05, 0) is 25.6 Å². The number of hydrogen-bond acceptors (Lipinski definition) is 3. The molecule has 1 rings (SSSR count). The van der Waals surface area contributed by atoms with E-state index in [1.54, 1.807) is 14.2 Å². The van der Waals surface area contributed by atoms with Crippen molar-refractivity contribution in [1.82, 2.24) is 15.5 Å². The van der Waals surface area contributed by atoms with Crippen molar-refractivity contribution in [2.75, 3.05) is 40.4 Å². The zero-order valence-electron chi connectivity index (χ0n) is 15.2. The van der Waals surface area contributed by atoms with Gasteiger partial charge in [0.1, 0.15) is 0 Å². The molecule has 2 unspecified atom stereocenters. The molecule has 0 saturated carbocycles. The number of methoxy groups -OCH3 is 1. The summed E-state index contributed by atoms with van der Waals surface area (Å²) in [4.78, 5) is 6.76. The summed E-state index contributed by atoms with van der Waals surface area (Å²) in [6.45, 7) is 9.98. The second kappa shape index (κ2) is 11.0. The molecule has 5 nitrogen and oxygen atoms in total. The lowest BCUT2D eigenvalue weighted by Gasteiger charge is -2.31. The fraction of sp³-hybridized carbons (Fsp3) is 0.611. The van der Waals surface area contributed by atoms with Crippen LogP contribution in [0.4, 0.5) is 0 Å². The highest BCUT2D eigenvalue weighted by atomic mass is 16.5. The van der Waals surface area contributed by atoms with Gasteiger partial charge in [-0.15, -0.1) is 0 Å². The van der Waals surface area contributed by atoms with Gasteiger partial charge in [-0.1, -0.05) is 44.2 Å². The third-order valence-electron chi connectivity index (χ3n) is 3.92. The largest absolute Gasteiger partial charge is 0.383 e. The summed E-state index contributed by atoms with van der Waals surface area (Å²) < 4.78 is 5.16. The van der Waals surface area contributed by atoms with Gasteiger partial charge in [-0.3, -0.25) is 9.89 Å². The van der Waals surface area contributed by atoms with Crippen LogP contribution in [0.15, 0.2) is 35.3 Å². The molecule has 2 atom stereocenters. The Hall–Kier alpha value is -1.59. The minimum atomic E-state index is 0.217. The third-order valence-corrected chi connectivity index (χ3v) is 3.92. The lowest BCUT2D eigenvalue weighted by atomic mass is 10.1. The molecule has 0 spiro atoms. The molecule has 0 fully saturated rings. The fourth-order valence-corrected chi connectivity index (χ4v) is 2.71.